The smallest absolute Gasteiger partial charge is 0.407 e. The lowest BCUT2D eigenvalue weighted by atomic mass is 9.98. The molecule has 0 atom stereocenters. The number of aryl methyl sites for hydroxylation is 1. The number of alkyl carbamates (subject to hydrolysis) is 1. The van der Waals surface area contributed by atoms with Crippen molar-refractivity contribution in [2.75, 3.05) is 18.9 Å². The minimum Gasteiger partial charge on any atom is -0.449 e. The van der Waals surface area contributed by atoms with E-state index in [1.807, 2.05) is 43.3 Å². The van der Waals surface area contributed by atoms with E-state index < -0.39 is 11.9 Å². The van der Waals surface area contributed by atoms with Crippen LogP contribution in [0.4, 0.5) is 14.9 Å². The molecule has 0 heterocycles. The van der Waals surface area contributed by atoms with Gasteiger partial charge in [-0.2, -0.15) is 0 Å². The van der Waals surface area contributed by atoms with Gasteiger partial charge in [-0.25, -0.2) is 9.18 Å². The first-order valence-electron chi connectivity index (χ1n) is 10.4. The summed E-state index contributed by atoms with van der Waals surface area (Å²) in [7, 11) is 0. The maximum Gasteiger partial charge on any atom is 0.407 e. The lowest BCUT2D eigenvalue weighted by Crippen LogP contribution is -2.26. The third-order valence-electron chi connectivity index (χ3n) is 5.61. The molecule has 0 fully saturated rings. The van der Waals surface area contributed by atoms with Crippen LogP contribution in [0.5, 0.6) is 0 Å². The molecule has 31 heavy (non-hydrogen) atoms. The molecule has 3 aromatic carbocycles. The number of ether oxygens (including phenoxy) is 1. The van der Waals surface area contributed by atoms with E-state index in [1.54, 1.807) is 6.07 Å². The van der Waals surface area contributed by atoms with Crippen molar-refractivity contribution in [2.24, 2.45) is 0 Å². The van der Waals surface area contributed by atoms with Crippen LogP contribution >= 0.6 is 0 Å². The van der Waals surface area contributed by atoms with Gasteiger partial charge in [-0.15, -0.1) is 0 Å². The number of nitrogens with one attached hydrogen (secondary N) is 1. The van der Waals surface area contributed by atoms with Gasteiger partial charge in [0.05, 0.1) is 5.69 Å². The van der Waals surface area contributed by atoms with E-state index in [0.717, 1.165) is 11.1 Å². The summed E-state index contributed by atoms with van der Waals surface area (Å²) < 4.78 is 19.1. The summed E-state index contributed by atoms with van der Waals surface area (Å²) in [4.78, 5) is 12.2. The molecule has 3 N–H and O–H groups in total. The minimum atomic E-state index is -0.440. The van der Waals surface area contributed by atoms with Gasteiger partial charge < -0.3 is 15.8 Å². The molecule has 0 saturated heterocycles. The molecular weight excluding hydrogens is 391 g/mol. The van der Waals surface area contributed by atoms with E-state index >= 15 is 0 Å². The molecule has 0 spiro atoms. The summed E-state index contributed by atoms with van der Waals surface area (Å²) in [5.41, 5.74) is 12.2. The predicted octanol–water partition coefficient (Wildman–Crippen LogP) is 5.66. The largest absolute Gasteiger partial charge is 0.449 e. The number of hydrogen-bond acceptors (Lipinski definition) is 3. The number of carbonyl (C=O) groups is 1. The molecule has 0 saturated carbocycles. The number of nitrogens with two attached hydrogens (primary N) is 1. The van der Waals surface area contributed by atoms with Gasteiger partial charge in [0, 0.05) is 12.5 Å². The minimum absolute atomic E-state index is 0.0430. The number of fused-ring (bicyclic) bond motifs is 3. The van der Waals surface area contributed by atoms with Crippen molar-refractivity contribution in [1.29, 1.82) is 0 Å². The van der Waals surface area contributed by atoms with Crippen molar-refractivity contribution in [3.63, 3.8) is 0 Å². The van der Waals surface area contributed by atoms with Crippen LogP contribution in [0.3, 0.4) is 0 Å². The van der Waals surface area contributed by atoms with Crippen LogP contribution in [0, 0.1) is 12.7 Å². The van der Waals surface area contributed by atoms with Gasteiger partial charge in [-0.3, -0.25) is 0 Å². The Bertz CT molecular complexity index is 1090. The number of halogens is 1. The summed E-state index contributed by atoms with van der Waals surface area (Å²) >= 11 is 0. The fourth-order valence-electron chi connectivity index (χ4n) is 4.02. The number of benzene rings is 3. The molecule has 0 radical (unpaired) electrons. The third-order valence-corrected chi connectivity index (χ3v) is 5.61. The predicted molar refractivity (Wildman–Crippen MR) is 122 cm³/mol. The van der Waals surface area contributed by atoms with E-state index in [4.69, 9.17) is 10.5 Å². The number of anilines is 1. The van der Waals surface area contributed by atoms with Gasteiger partial charge in [-0.1, -0.05) is 60.7 Å². The summed E-state index contributed by atoms with van der Waals surface area (Å²) in [5.74, 6) is -0.386. The average Bonchev–Trinajstić information content (AvgIpc) is 3.09. The highest BCUT2D eigenvalue weighted by Gasteiger charge is 2.28. The Morgan fingerprint density at radius 1 is 1.10 bits per heavy atom. The Morgan fingerprint density at radius 3 is 2.42 bits per heavy atom. The van der Waals surface area contributed by atoms with Crippen molar-refractivity contribution in [1.82, 2.24) is 5.32 Å². The topological polar surface area (TPSA) is 64.3 Å². The number of amides is 1. The van der Waals surface area contributed by atoms with Crippen LogP contribution in [0.2, 0.25) is 0 Å². The molecule has 1 amide bonds. The number of hydrogen-bond donors (Lipinski definition) is 2. The third kappa shape index (κ3) is 4.45. The summed E-state index contributed by atoms with van der Waals surface area (Å²) in [6.07, 6.45) is 3.89. The van der Waals surface area contributed by atoms with Gasteiger partial charge in [-0.05, 0) is 58.9 Å². The molecular formula is C26H25FN2O2. The van der Waals surface area contributed by atoms with Gasteiger partial charge in [0.15, 0.2) is 0 Å². The molecule has 4 nitrogen and oxygen atoms in total. The Labute approximate surface area is 181 Å². The van der Waals surface area contributed by atoms with Crippen LogP contribution in [-0.4, -0.2) is 19.2 Å². The fraction of sp³-hybridized carbons (Fsp3) is 0.192. The van der Waals surface area contributed by atoms with Gasteiger partial charge in [0.2, 0.25) is 0 Å². The lowest BCUT2D eigenvalue weighted by Gasteiger charge is -2.14. The zero-order valence-corrected chi connectivity index (χ0v) is 17.4. The molecule has 3 aromatic rings. The van der Waals surface area contributed by atoms with E-state index in [-0.39, 0.29) is 11.6 Å². The molecule has 0 aromatic heterocycles. The zero-order valence-electron chi connectivity index (χ0n) is 17.4. The quantitative estimate of drug-likeness (QED) is 0.403. The van der Waals surface area contributed by atoms with Gasteiger partial charge in [0.1, 0.15) is 12.4 Å². The summed E-state index contributed by atoms with van der Waals surface area (Å²) in [6, 6.07) is 19.5. The highest BCUT2D eigenvalue weighted by Crippen LogP contribution is 2.44. The van der Waals surface area contributed by atoms with E-state index in [1.165, 1.54) is 28.3 Å². The molecule has 0 bridgehead atoms. The standard InChI is InChI=1S/C26H25FN2O2/c1-17-14-25(28)24(27)15-18(17)8-6-7-13-29-26(30)31-16-23-21-11-4-2-9-19(21)20-10-3-5-12-22(20)23/h2-6,8-12,14-15,23H,7,13,16,28H2,1H3,(H,29,30). The lowest BCUT2D eigenvalue weighted by molar-refractivity contribution is 0.143. The van der Waals surface area contributed by atoms with E-state index in [9.17, 15) is 9.18 Å². The maximum atomic E-state index is 13.6. The Morgan fingerprint density at radius 2 is 1.74 bits per heavy atom. The van der Waals surface area contributed by atoms with Crippen molar-refractivity contribution >= 4 is 17.9 Å². The van der Waals surface area contributed by atoms with Crippen LogP contribution < -0.4 is 11.1 Å². The van der Waals surface area contributed by atoms with Gasteiger partial charge in [0.25, 0.3) is 0 Å². The average molecular weight is 416 g/mol. The zero-order chi connectivity index (χ0) is 21.8. The monoisotopic (exact) mass is 416 g/mol. The maximum absolute atomic E-state index is 13.6. The van der Waals surface area contributed by atoms with Crippen LogP contribution in [-0.2, 0) is 4.74 Å². The molecule has 0 unspecified atom stereocenters. The molecule has 1 aliphatic rings. The number of rotatable bonds is 6. The first-order valence-corrected chi connectivity index (χ1v) is 10.4. The highest BCUT2D eigenvalue weighted by molar-refractivity contribution is 5.79. The normalized spacial score (nSPS) is 12.6. The highest BCUT2D eigenvalue weighted by atomic mass is 19.1. The molecule has 1 aliphatic carbocycles. The first-order chi connectivity index (χ1) is 15.0. The second-order valence-corrected chi connectivity index (χ2v) is 7.67. The van der Waals surface area contributed by atoms with Crippen molar-refractivity contribution in [2.45, 2.75) is 19.3 Å². The number of carbonyl (C=O) groups excluding carboxylic acids is 1. The fourth-order valence-corrected chi connectivity index (χ4v) is 4.02. The summed E-state index contributed by atoms with van der Waals surface area (Å²) in [6.45, 7) is 2.60. The Hall–Kier alpha value is -3.60. The van der Waals surface area contributed by atoms with E-state index in [2.05, 4.69) is 29.6 Å². The molecule has 158 valence electrons. The van der Waals surface area contributed by atoms with Crippen LogP contribution in [0.1, 0.15) is 34.6 Å². The molecule has 5 heteroatoms. The van der Waals surface area contributed by atoms with Crippen LogP contribution in [0.25, 0.3) is 17.2 Å². The molecule has 0 aliphatic heterocycles. The van der Waals surface area contributed by atoms with Crippen molar-refractivity contribution in [3.05, 3.63) is 94.8 Å². The summed E-state index contributed by atoms with van der Waals surface area (Å²) in [5, 5.41) is 2.77. The van der Waals surface area contributed by atoms with Crippen molar-refractivity contribution in [3.8, 4) is 11.1 Å². The second kappa shape index (κ2) is 9.04. The first kappa shape index (κ1) is 20.7. The van der Waals surface area contributed by atoms with Crippen molar-refractivity contribution < 1.29 is 13.9 Å². The molecule has 4 rings (SSSR count). The Kier molecular flexibility index (Phi) is 6.03. The SMILES string of the molecule is Cc1cc(N)c(F)cc1C=CCCNC(=O)OCC1c2ccccc2-c2ccccc21. The van der Waals surface area contributed by atoms with Gasteiger partial charge >= 0.3 is 6.09 Å². The number of nitrogen functional groups attached to an aromatic ring is 1. The Balaban J connectivity index is 1.28. The van der Waals surface area contributed by atoms with Crippen LogP contribution in [0.15, 0.2) is 66.7 Å². The second-order valence-electron chi connectivity index (χ2n) is 7.67. The van der Waals surface area contributed by atoms with E-state index in [0.29, 0.717) is 19.6 Å².